The number of nitrogens with two attached hydrogens (primary N) is 1. The van der Waals surface area contributed by atoms with Gasteiger partial charge in [-0.3, -0.25) is 0 Å². The van der Waals surface area contributed by atoms with Crippen LogP contribution in [0.1, 0.15) is 47.6 Å². The molecule has 9 heteroatoms. The van der Waals surface area contributed by atoms with Gasteiger partial charge in [0.1, 0.15) is 11.6 Å². The molecule has 6 nitrogen and oxygen atoms in total. The molecule has 3 heterocycles. The molecule has 4 N–H and O–H groups in total. The second kappa shape index (κ2) is 8.38. The van der Waals surface area contributed by atoms with Crippen LogP contribution in [0, 0.1) is 13.8 Å². The van der Waals surface area contributed by atoms with Gasteiger partial charge in [0.15, 0.2) is 5.65 Å². The number of alkyl halides is 3. The third-order valence-corrected chi connectivity index (χ3v) is 5.56. The molecule has 0 fully saturated rings. The van der Waals surface area contributed by atoms with Gasteiger partial charge in [0.2, 0.25) is 0 Å². The van der Waals surface area contributed by atoms with E-state index in [1.807, 2.05) is 13.0 Å². The van der Waals surface area contributed by atoms with Gasteiger partial charge in [-0.15, -0.1) is 0 Å². The zero-order chi connectivity index (χ0) is 23.0. The van der Waals surface area contributed by atoms with Crippen molar-refractivity contribution in [1.82, 2.24) is 20.3 Å². The lowest BCUT2D eigenvalue weighted by atomic mass is 9.98. The summed E-state index contributed by atoms with van der Waals surface area (Å²) >= 11 is 0. The molecule has 0 bridgehead atoms. The van der Waals surface area contributed by atoms with Gasteiger partial charge in [-0.25, -0.2) is 15.0 Å². The third-order valence-electron chi connectivity index (χ3n) is 5.56. The highest BCUT2D eigenvalue weighted by molar-refractivity contribution is 5.90. The smallest absolute Gasteiger partial charge is 0.399 e. The zero-order valence-corrected chi connectivity index (χ0v) is 18.1. The fraction of sp³-hybridized carbons (Fsp3) is 0.348. The Labute approximate surface area is 184 Å². The molecule has 1 aliphatic rings. The van der Waals surface area contributed by atoms with Gasteiger partial charge < -0.3 is 16.4 Å². The highest BCUT2D eigenvalue weighted by Gasteiger charge is 2.31. The Hall–Kier alpha value is -3.20. The zero-order valence-electron chi connectivity index (χ0n) is 18.1. The van der Waals surface area contributed by atoms with Crippen LogP contribution in [0.4, 0.5) is 24.7 Å². The van der Waals surface area contributed by atoms with Crippen LogP contribution in [-0.4, -0.2) is 28.0 Å². The number of nitrogen functional groups attached to an aromatic ring is 1. The summed E-state index contributed by atoms with van der Waals surface area (Å²) in [6, 6.07) is 5.13. The lowest BCUT2D eigenvalue weighted by Crippen LogP contribution is -2.20. The van der Waals surface area contributed by atoms with Gasteiger partial charge in [-0.2, -0.15) is 13.2 Å². The van der Waals surface area contributed by atoms with E-state index in [-0.39, 0.29) is 5.69 Å². The predicted molar refractivity (Wildman–Crippen MR) is 120 cm³/mol. The molecule has 0 amide bonds. The minimum absolute atomic E-state index is 0.0598. The van der Waals surface area contributed by atoms with Crippen molar-refractivity contribution in [3.8, 4) is 0 Å². The van der Waals surface area contributed by atoms with Crippen molar-refractivity contribution in [1.29, 1.82) is 0 Å². The van der Waals surface area contributed by atoms with E-state index in [0.717, 1.165) is 48.3 Å². The van der Waals surface area contributed by atoms with Crippen molar-refractivity contribution in [3.63, 3.8) is 0 Å². The first kappa shape index (κ1) is 22.0. The van der Waals surface area contributed by atoms with Gasteiger partial charge in [0, 0.05) is 17.9 Å². The standard InChI is InChI=1S/C23H25F3N6/c1-12(16-8-17(23(24,25)26)10-18(27)9-16)29-21-20-11-19(15-4-6-28-7-5-15)13(2)30-22(20)32-14(3)31-21/h4,8-12,28H,5-7,27H2,1-3H3,(H,29,30,31,32)/t12-/m1/s1. The molecule has 0 saturated carbocycles. The van der Waals surface area contributed by atoms with E-state index >= 15 is 0 Å². The van der Waals surface area contributed by atoms with Gasteiger partial charge in [-0.1, -0.05) is 6.08 Å². The van der Waals surface area contributed by atoms with Gasteiger partial charge in [-0.05, 0) is 74.7 Å². The Morgan fingerprint density at radius 3 is 2.56 bits per heavy atom. The maximum atomic E-state index is 13.2. The van der Waals surface area contributed by atoms with Crippen LogP contribution in [0.5, 0.6) is 0 Å². The maximum absolute atomic E-state index is 13.2. The Morgan fingerprint density at radius 1 is 1.09 bits per heavy atom. The number of hydrogen-bond acceptors (Lipinski definition) is 6. The van der Waals surface area contributed by atoms with Crippen molar-refractivity contribution in [2.75, 3.05) is 24.1 Å². The van der Waals surface area contributed by atoms with Crippen LogP contribution >= 0.6 is 0 Å². The number of anilines is 2. The quantitative estimate of drug-likeness (QED) is 0.504. The summed E-state index contributed by atoms with van der Waals surface area (Å²) in [7, 11) is 0. The van der Waals surface area contributed by atoms with Crippen LogP contribution in [0.25, 0.3) is 16.6 Å². The Bertz CT molecular complexity index is 1200. The number of nitrogens with one attached hydrogen (secondary N) is 2. The summed E-state index contributed by atoms with van der Waals surface area (Å²) in [5.74, 6) is 1.05. The SMILES string of the molecule is Cc1nc(N[C@H](C)c2cc(N)cc(C(F)(F)F)c2)c2cc(C3=CCNCC3)c(C)nc2n1. The Kier molecular flexibility index (Phi) is 5.77. The molecule has 3 aromatic rings. The Morgan fingerprint density at radius 2 is 1.88 bits per heavy atom. The summed E-state index contributed by atoms with van der Waals surface area (Å²) in [6.07, 6.45) is -1.43. The fourth-order valence-corrected chi connectivity index (χ4v) is 3.93. The number of fused-ring (bicyclic) bond motifs is 1. The van der Waals surface area contributed by atoms with Crippen molar-refractivity contribution < 1.29 is 13.2 Å². The van der Waals surface area contributed by atoms with E-state index in [0.29, 0.717) is 22.9 Å². The van der Waals surface area contributed by atoms with Crippen LogP contribution in [0.2, 0.25) is 0 Å². The summed E-state index contributed by atoms with van der Waals surface area (Å²) in [5, 5.41) is 7.28. The van der Waals surface area contributed by atoms with Crippen LogP contribution in [0.3, 0.4) is 0 Å². The summed E-state index contributed by atoms with van der Waals surface area (Å²) in [6.45, 7) is 7.19. The number of aromatic nitrogens is 3. The molecule has 1 atom stereocenters. The normalized spacial score (nSPS) is 15.5. The lowest BCUT2D eigenvalue weighted by molar-refractivity contribution is -0.137. The molecule has 1 aromatic carbocycles. The average Bonchev–Trinajstić information content (AvgIpc) is 2.72. The van der Waals surface area contributed by atoms with E-state index in [2.05, 4.69) is 26.7 Å². The number of benzene rings is 1. The minimum atomic E-state index is -4.47. The average molecular weight is 442 g/mol. The topological polar surface area (TPSA) is 88.8 Å². The highest BCUT2D eigenvalue weighted by Crippen LogP contribution is 2.34. The molecule has 0 radical (unpaired) electrons. The Balaban J connectivity index is 1.76. The van der Waals surface area contributed by atoms with Gasteiger partial charge >= 0.3 is 6.18 Å². The molecule has 0 aliphatic carbocycles. The minimum Gasteiger partial charge on any atom is -0.399 e. The van der Waals surface area contributed by atoms with Crippen LogP contribution in [-0.2, 0) is 6.18 Å². The number of aryl methyl sites for hydroxylation is 2. The van der Waals surface area contributed by atoms with E-state index in [9.17, 15) is 13.2 Å². The third kappa shape index (κ3) is 4.52. The first-order valence-electron chi connectivity index (χ1n) is 10.4. The second-order valence-corrected chi connectivity index (χ2v) is 8.05. The van der Waals surface area contributed by atoms with Gasteiger partial charge in [0.05, 0.1) is 17.0 Å². The summed E-state index contributed by atoms with van der Waals surface area (Å²) < 4.78 is 39.7. The summed E-state index contributed by atoms with van der Waals surface area (Å²) in [4.78, 5) is 13.7. The highest BCUT2D eigenvalue weighted by atomic mass is 19.4. The first-order valence-corrected chi connectivity index (χ1v) is 10.4. The summed E-state index contributed by atoms with van der Waals surface area (Å²) in [5.41, 5.74) is 9.12. The molecule has 0 unspecified atom stereocenters. The molecule has 0 saturated heterocycles. The lowest BCUT2D eigenvalue weighted by Gasteiger charge is -2.20. The van der Waals surface area contributed by atoms with Crippen LogP contribution < -0.4 is 16.4 Å². The van der Waals surface area contributed by atoms with Crippen molar-refractivity contribution in [3.05, 3.63) is 58.6 Å². The van der Waals surface area contributed by atoms with Crippen molar-refractivity contribution in [2.24, 2.45) is 0 Å². The van der Waals surface area contributed by atoms with E-state index in [4.69, 9.17) is 10.7 Å². The maximum Gasteiger partial charge on any atom is 0.416 e. The fourth-order valence-electron chi connectivity index (χ4n) is 3.93. The second-order valence-electron chi connectivity index (χ2n) is 8.05. The van der Waals surface area contributed by atoms with Gasteiger partial charge in [0.25, 0.3) is 0 Å². The monoisotopic (exact) mass is 442 g/mol. The molecule has 32 heavy (non-hydrogen) atoms. The predicted octanol–water partition coefficient (Wildman–Crippen LogP) is 4.79. The molecular formula is C23H25F3N6. The number of halogens is 3. The van der Waals surface area contributed by atoms with E-state index < -0.39 is 17.8 Å². The van der Waals surface area contributed by atoms with Crippen molar-refractivity contribution in [2.45, 2.75) is 39.4 Å². The molecular weight excluding hydrogens is 417 g/mol. The molecule has 1 aliphatic heterocycles. The first-order chi connectivity index (χ1) is 15.1. The van der Waals surface area contributed by atoms with Crippen LogP contribution in [0.15, 0.2) is 30.3 Å². The molecule has 4 rings (SSSR count). The van der Waals surface area contributed by atoms with E-state index in [1.165, 1.54) is 11.6 Å². The number of nitrogens with zero attached hydrogens (tertiary/aromatic N) is 3. The van der Waals surface area contributed by atoms with Crippen molar-refractivity contribution >= 4 is 28.1 Å². The molecule has 168 valence electrons. The van der Waals surface area contributed by atoms with E-state index in [1.54, 1.807) is 13.8 Å². The number of rotatable bonds is 4. The number of hydrogen-bond donors (Lipinski definition) is 3. The number of pyridine rings is 1. The molecule has 2 aromatic heterocycles. The molecule has 0 spiro atoms. The largest absolute Gasteiger partial charge is 0.416 e.